The standard InChI is InChI=1S/C14H22N2/c1-10-7-13(10)9-16(3)14-5-4-12(8-15)6-11(14)2/h4-6,10,13H,7-9,15H2,1-3H3. The molecule has 0 aromatic heterocycles. The van der Waals surface area contributed by atoms with Gasteiger partial charge in [0.25, 0.3) is 0 Å². The molecule has 16 heavy (non-hydrogen) atoms. The average Bonchev–Trinajstić information content (AvgIpc) is 2.93. The summed E-state index contributed by atoms with van der Waals surface area (Å²) in [6.45, 7) is 6.32. The molecule has 1 fully saturated rings. The van der Waals surface area contributed by atoms with Gasteiger partial charge in [-0.2, -0.15) is 0 Å². The van der Waals surface area contributed by atoms with Crippen molar-refractivity contribution in [1.82, 2.24) is 0 Å². The van der Waals surface area contributed by atoms with Gasteiger partial charge in [0.15, 0.2) is 0 Å². The Labute approximate surface area is 98.4 Å². The van der Waals surface area contributed by atoms with E-state index in [1.807, 2.05) is 0 Å². The van der Waals surface area contributed by atoms with Crippen LogP contribution in [0.3, 0.4) is 0 Å². The fourth-order valence-electron chi connectivity index (χ4n) is 2.38. The van der Waals surface area contributed by atoms with Crippen LogP contribution in [0.15, 0.2) is 18.2 Å². The summed E-state index contributed by atoms with van der Waals surface area (Å²) in [4.78, 5) is 2.38. The molecule has 0 heterocycles. The summed E-state index contributed by atoms with van der Waals surface area (Å²) in [6.07, 6.45) is 1.39. The normalized spacial score (nSPS) is 23.2. The van der Waals surface area contributed by atoms with Crippen molar-refractivity contribution in [2.45, 2.75) is 26.8 Å². The highest BCUT2D eigenvalue weighted by Crippen LogP contribution is 2.39. The molecule has 1 aliphatic carbocycles. The zero-order valence-corrected chi connectivity index (χ0v) is 10.5. The fraction of sp³-hybridized carbons (Fsp3) is 0.571. The lowest BCUT2D eigenvalue weighted by Crippen LogP contribution is -2.21. The van der Waals surface area contributed by atoms with Crippen LogP contribution < -0.4 is 10.6 Å². The van der Waals surface area contributed by atoms with Gasteiger partial charge in [0.1, 0.15) is 0 Å². The Morgan fingerprint density at radius 3 is 2.62 bits per heavy atom. The van der Waals surface area contributed by atoms with Gasteiger partial charge < -0.3 is 10.6 Å². The van der Waals surface area contributed by atoms with Crippen LogP contribution in [-0.2, 0) is 6.54 Å². The molecule has 2 rings (SSSR count). The highest BCUT2D eigenvalue weighted by Gasteiger charge is 2.33. The van der Waals surface area contributed by atoms with Crippen molar-refractivity contribution in [2.75, 3.05) is 18.5 Å². The number of nitrogens with two attached hydrogens (primary N) is 1. The van der Waals surface area contributed by atoms with Crippen molar-refractivity contribution in [1.29, 1.82) is 0 Å². The quantitative estimate of drug-likeness (QED) is 0.841. The summed E-state index contributed by atoms with van der Waals surface area (Å²) in [5.41, 5.74) is 9.53. The molecule has 2 heteroatoms. The first-order chi connectivity index (χ1) is 7.61. The number of hydrogen-bond donors (Lipinski definition) is 1. The maximum Gasteiger partial charge on any atom is 0.0393 e. The molecule has 2 unspecified atom stereocenters. The highest BCUT2D eigenvalue weighted by atomic mass is 15.1. The molecule has 2 N–H and O–H groups in total. The number of nitrogens with zero attached hydrogens (tertiary/aromatic N) is 1. The fourth-order valence-corrected chi connectivity index (χ4v) is 2.38. The van der Waals surface area contributed by atoms with Crippen LogP contribution in [0.1, 0.15) is 24.5 Å². The van der Waals surface area contributed by atoms with Crippen LogP contribution in [0.4, 0.5) is 5.69 Å². The third-order valence-electron chi connectivity index (χ3n) is 3.69. The first-order valence-electron chi connectivity index (χ1n) is 6.12. The lowest BCUT2D eigenvalue weighted by atomic mass is 10.1. The molecule has 1 aromatic rings. The van der Waals surface area contributed by atoms with Crippen molar-refractivity contribution >= 4 is 5.69 Å². The van der Waals surface area contributed by atoms with Crippen molar-refractivity contribution in [3.8, 4) is 0 Å². The molecule has 2 nitrogen and oxygen atoms in total. The van der Waals surface area contributed by atoms with Crippen LogP contribution >= 0.6 is 0 Å². The first kappa shape index (κ1) is 11.5. The molecule has 0 amide bonds. The van der Waals surface area contributed by atoms with E-state index in [0.29, 0.717) is 6.54 Å². The van der Waals surface area contributed by atoms with E-state index in [9.17, 15) is 0 Å². The minimum atomic E-state index is 0.629. The minimum Gasteiger partial charge on any atom is -0.374 e. The van der Waals surface area contributed by atoms with Gasteiger partial charge in [-0.15, -0.1) is 0 Å². The predicted molar refractivity (Wildman–Crippen MR) is 69.6 cm³/mol. The van der Waals surface area contributed by atoms with Gasteiger partial charge in [-0.25, -0.2) is 0 Å². The summed E-state index contributed by atoms with van der Waals surface area (Å²) < 4.78 is 0. The Hall–Kier alpha value is -1.02. The van der Waals surface area contributed by atoms with Gasteiger partial charge in [-0.3, -0.25) is 0 Å². The monoisotopic (exact) mass is 218 g/mol. The first-order valence-corrected chi connectivity index (χ1v) is 6.12. The molecule has 2 atom stereocenters. The maximum absolute atomic E-state index is 5.64. The predicted octanol–water partition coefficient (Wildman–Crippen LogP) is 2.55. The minimum absolute atomic E-state index is 0.629. The number of benzene rings is 1. The van der Waals surface area contributed by atoms with E-state index in [0.717, 1.165) is 11.8 Å². The van der Waals surface area contributed by atoms with E-state index in [-0.39, 0.29) is 0 Å². The van der Waals surface area contributed by atoms with Crippen molar-refractivity contribution in [2.24, 2.45) is 17.6 Å². The summed E-state index contributed by atoms with van der Waals surface area (Å²) in [5, 5.41) is 0. The number of anilines is 1. The third kappa shape index (κ3) is 2.38. The van der Waals surface area contributed by atoms with Gasteiger partial charge in [-0.05, 0) is 42.4 Å². The molecule has 0 spiro atoms. The van der Waals surface area contributed by atoms with Gasteiger partial charge in [0.2, 0.25) is 0 Å². The Bertz CT molecular complexity index is 373. The van der Waals surface area contributed by atoms with E-state index in [1.54, 1.807) is 0 Å². The van der Waals surface area contributed by atoms with E-state index in [2.05, 4.69) is 44.0 Å². The summed E-state index contributed by atoms with van der Waals surface area (Å²) in [6, 6.07) is 6.53. The molecule has 0 bridgehead atoms. The van der Waals surface area contributed by atoms with Gasteiger partial charge in [-0.1, -0.05) is 19.1 Å². The maximum atomic E-state index is 5.64. The van der Waals surface area contributed by atoms with Crippen LogP contribution in [0.5, 0.6) is 0 Å². The largest absolute Gasteiger partial charge is 0.374 e. The lowest BCUT2D eigenvalue weighted by Gasteiger charge is -2.22. The topological polar surface area (TPSA) is 29.3 Å². The molecule has 1 aromatic carbocycles. The Morgan fingerprint density at radius 1 is 1.44 bits per heavy atom. The van der Waals surface area contributed by atoms with Crippen LogP contribution in [0, 0.1) is 18.8 Å². The molecule has 1 aliphatic rings. The number of hydrogen-bond acceptors (Lipinski definition) is 2. The molecule has 0 radical (unpaired) electrons. The molecular weight excluding hydrogens is 196 g/mol. The van der Waals surface area contributed by atoms with Gasteiger partial charge in [0, 0.05) is 25.8 Å². The van der Waals surface area contributed by atoms with Crippen LogP contribution in [-0.4, -0.2) is 13.6 Å². The molecule has 88 valence electrons. The Kier molecular flexibility index (Phi) is 3.20. The molecular formula is C14H22N2. The highest BCUT2D eigenvalue weighted by molar-refractivity contribution is 5.54. The second-order valence-corrected chi connectivity index (χ2v) is 5.18. The molecule has 0 aliphatic heterocycles. The third-order valence-corrected chi connectivity index (χ3v) is 3.69. The van der Waals surface area contributed by atoms with E-state index < -0.39 is 0 Å². The zero-order valence-electron chi connectivity index (χ0n) is 10.5. The second kappa shape index (κ2) is 4.46. The number of rotatable bonds is 4. The van der Waals surface area contributed by atoms with E-state index in [1.165, 1.54) is 29.8 Å². The summed E-state index contributed by atoms with van der Waals surface area (Å²) in [7, 11) is 2.19. The van der Waals surface area contributed by atoms with E-state index in [4.69, 9.17) is 5.73 Å². The van der Waals surface area contributed by atoms with Crippen molar-refractivity contribution < 1.29 is 0 Å². The van der Waals surface area contributed by atoms with Crippen molar-refractivity contribution in [3.63, 3.8) is 0 Å². The average molecular weight is 218 g/mol. The molecule has 0 saturated heterocycles. The summed E-state index contributed by atoms with van der Waals surface area (Å²) in [5.74, 6) is 1.82. The molecule has 1 saturated carbocycles. The summed E-state index contributed by atoms with van der Waals surface area (Å²) >= 11 is 0. The van der Waals surface area contributed by atoms with Crippen LogP contribution in [0.2, 0.25) is 0 Å². The Balaban J connectivity index is 2.07. The smallest absolute Gasteiger partial charge is 0.0393 e. The number of aryl methyl sites for hydroxylation is 1. The van der Waals surface area contributed by atoms with Crippen LogP contribution in [0.25, 0.3) is 0 Å². The SMILES string of the molecule is Cc1cc(CN)ccc1N(C)CC1CC1C. The Morgan fingerprint density at radius 2 is 2.12 bits per heavy atom. The van der Waals surface area contributed by atoms with Gasteiger partial charge >= 0.3 is 0 Å². The van der Waals surface area contributed by atoms with Crippen molar-refractivity contribution in [3.05, 3.63) is 29.3 Å². The second-order valence-electron chi connectivity index (χ2n) is 5.18. The lowest BCUT2D eigenvalue weighted by molar-refractivity contribution is 0.724. The van der Waals surface area contributed by atoms with E-state index >= 15 is 0 Å². The van der Waals surface area contributed by atoms with Gasteiger partial charge in [0.05, 0.1) is 0 Å². The zero-order chi connectivity index (χ0) is 11.7.